The first kappa shape index (κ1) is 16.7. The molecule has 5 heteroatoms. The van der Waals surface area contributed by atoms with Gasteiger partial charge in [0.15, 0.2) is 0 Å². The number of nitriles is 1. The topological polar surface area (TPSA) is 90.2 Å². The maximum atomic E-state index is 12.1. The number of carboxylic acids is 1. The molecule has 1 rings (SSSR count). The van der Waals surface area contributed by atoms with Crippen LogP contribution in [0.25, 0.3) is 0 Å². The maximum absolute atomic E-state index is 12.1. The van der Waals surface area contributed by atoms with Crippen LogP contribution in [0.2, 0.25) is 0 Å². The summed E-state index contributed by atoms with van der Waals surface area (Å²) in [6.07, 6.45) is 1.96. The minimum Gasteiger partial charge on any atom is -0.480 e. The van der Waals surface area contributed by atoms with Crippen molar-refractivity contribution in [2.75, 3.05) is 0 Å². The highest BCUT2D eigenvalue weighted by atomic mass is 16.4. The number of unbranched alkanes of at least 4 members (excludes halogenated alkanes) is 2. The van der Waals surface area contributed by atoms with Gasteiger partial charge < -0.3 is 10.4 Å². The van der Waals surface area contributed by atoms with E-state index in [4.69, 9.17) is 10.4 Å². The average molecular weight is 288 g/mol. The van der Waals surface area contributed by atoms with Gasteiger partial charge in [0.05, 0.1) is 6.07 Å². The Morgan fingerprint density at radius 3 is 2.38 bits per heavy atom. The molecule has 1 amide bonds. The second-order valence-corrected chi connectivity index (χ2v) is 5.14. The number of carbonyl (C=O) groups is 2. The largest absolute Gasteiger partial charge is 0.480 e. The quantitative estimate of drug-likeness (QED) is 0.754. The van der Waals surface area contributed by atoms with Crippen molar-refractivity contribution in [1.29, 1.82) is 5.26 Å². The minimum absolute atomic E-state index is 0.327. The summed E-state index contributed by atoms with van der Waals surface area (Å²) >= 11 is 0. The van der Waals surface area contributed by atoms with Gasteiger partial charge in [-0.15, -0.1) is 0 Å². The molecular weight excluding hydrogens is 268 g/mol. The molecule has 0 unspecified atom stereocenters. The van der Waals surface area contributed by atoms with E-state index < -0.39 is 12.0 Å². The lowest BCUT2D eigenvalue weighted by atomic mass is 10.1. The molecule has 112 valence electrons. The number of amides is 1. The summed E-state index contributed by atoms with van der Waals surface area (Å²) in [7, 11) is 0. The summed E-state index contributed by atoms with van der Waals surface area (Å²) in [5.74, 6) is -1.43. The summed E-state index contributed by atoms with van der Waals surface area (Å²) in [5.41, 5.74) is 2.39. The van der Waals surface area contributed by atoms with Crippen LogP contribution >= 0.6 is 0 Å². The molecule has 2 N–H and O–H groups in total. The summed E-state index contributed by atoms with van der Waals surface area (Å²) in [6.45, 7) is 3.78. The van der Waals surface area contributed by atoms with Crippen molar-refractivity contribution in [2.45, 2.75) is 45.6 Å². The minimum atomic E-state index is -1.05. The van der Waals surface area contributed by atoms with Crippen LogP contribution in [0.1, 0.15) is 47.2 Å². The van der Waals surface area contributed by atoms with E-state index in [-0.39, 0.29) is 5.91 Å². The first-order valence-corrected chi connectivity index (χ1v) is 6.93. The predicted octanol–water partition coefficient (Wildman–Crippen LogP) is 2.57. The fourth-order valence-corrected chi connectivity index (χ4v) is 2.16. The van der Waals surface area contributed by atoms with Crippen LogP contribution in [-0.4, -0.2) is 23.0 Å². The van der Waals surface area contributed by atoms with E-state index in [9.17, 15) is 9.59 Å². The molecule has 0 saturated carbocycles. The Bertz CT molecular complexity index is 541. The average Bonchev–Trinajstić information content (AvgIpc) is 2.40. The summed E-state index contributed by atoms with van der Waals surface area (Å²) in [6, 6.07) is 6.51. The number of carboxylic acid groups (broad SMARTS) is 1. The fraction of sp³-hybridized carbons (Fsp3) is 0.438. The van der Waals surface area contributed by atoms with Crippen LogP contribution in [0.5, 0.6) is 0 Å². The molecule has 0 bridgehead atoms. The van der Waals surface area contributed by atoms with Crippen molar-refractivity contribution in [3.8, 4) is 6.07 Å². The second kappa shape index (κ2) is 8.05. The lowest BCUT2D eigenvalue weighted by Gasteiger charge is -2.14. The van der Waals surface area contributed by atoms with Crippen molar-refractivity contribution in [3.05, 3.63) is 34.9 Å². The zero-order valence-corrected chi connectivity index (χ0v) is 12.3. The summed E-state index contributed by atoms with van der Waals surface area (Å²) in [4.78, 5) is 23.3. The van der Waals surface area contributed by atoms with E-state index in [1.165, 1.54) is 0 Å². The smallest absolute Gasteiger partial charge is 0.326 e. The number of hydrogen-bond acceptors (Lipinski definition) is 3. The highest BCUT2D eigenvalue weighted by molar-refractivity contribution is 5.96. The molecule has 0 aliphatic carbocycles. The molecule has 0 heterocycles. The van der Waals surface area contributed by atoms with Crippen LogP contribution < -0.4 is 5.32 Å². The van der Waals surface area contributed by atoms with Gasteiger partial charge in [-0.25, -0.2) is 4.79 Å². The highest BCUT2D eigenvalue weighted by Gasteiger charge is 2.20. The Balaban J connectivity index is 2.68. The molecule has 0 aromatic heterocycles. The maximum Gasteiger partial charge on any atom is 0.326 e. The zero-order valence-electron chi connectivity index (χ0n) is 12.3. The monoisotopic (exact) mass is 288 g/mol. The zero-order chi connectivity index (χ0) is 15.8. The van der Waals surface area contributed by atoms with Crippen LogP contribution in [0.15, 0.2) is 18.2 Å². The number of benzene rings is 1. The van der Waals surface area contributed by atoms with E-state index in [1.807, 2.05) is 26.0 Å². The van der Waals surface area contributed by atoms with Crippen molar-refractivity contribution in [3.63, 3.8) is 0 Å². The molecular formula is C16H20N2O3. The predicted molar refractivity (Wildman–Crippen MR) is 78.9 cm³/mol. The summed E-state index contributed by atoms with van der Waals surface area (Å²) < 4.78 is 0. The third-order valence-corrected chi connectivity index (χ3v) is 3.12. The van der Waals surface area contributed by atoms with E-state index in [2.05, 4.69) is 5.32 Å². The van der Waals surface area contributed by atoms with Gasteiger partial charge in [0.25, 0.3) is 5.91 Å². The lowest BCUT2D eigenvalue weighted by molar-refractivity contribution is -0.139. The molecule has 0 radical (unpaired) electrons. The van der Waals surface area contributed by atoms with Crippen LogP contribution in [0, 0.1) is 25.2 Å². The van der Waals surface area contributed by atoms with Crippen molar-refractivity contribution in [1.82, 2.24) is 5.32 Å². The molecule has 5 nitrogen and oxygen atoms in total. The summed E-state index contributed by atoms with van der Waals surface area (Å²) in [5, 5.41) is 20.1. The number of nitrogens with zero attached hydrogens (tertiary/aromatic N) is 1. The fourth-order valence-electron chi connectivity index (χ4n) is 2.16. The highest BCUT2D eigenvalue weighted by Crippen LogP contribution is 2.10. The van der Waals surface area contributed by atoms with Gasteiger partial charge in [-0.2, -0.15) is 5.26 Å². The number of aliphatic carboxylic acids is 1. The molecule has 0 aliphatic heterocycles. The Labute approximate surface area is 124 Å². The van der Waals surface area contributed by atoms with Gasteiger partial charge in [0.1, 0.15) is 6.04 Å². The number of rotatable bonds is 7. The van der Waals surface area contributed by atoms with Gasteiger partial charge in [-0.3, -0.25) is 4.79 Å². The second-order valence-electron chi connectivity index (χ2n) is 5.14. The molecule has 0 aliphatic rings. The van der Waals surface area contributed by atoms with Crippen LogP contribution in [-0.2, 0) is 4.79 Å². The normalized spacial score (nSPS) is 11.5. The van der Waals surface area contributed by atoms with E-state index in [0.29, 0.717) is 31.2 Å². The molecule has 21 heavy (non-hydrogen) atoms. The first-order chi connectivity index (χ1) is 9.93. The molecule has 1 atom stereocenters. The van der Waals surface area contributed by atoms with E-state index in [1.54, 1.807) is 12.1 Å². The SMILES string of the molecule is Cc1cc(C)cc(C(=O)N[C@@H](CCCCC#N)C(=O)O)c1. The van der Waals surface area contributed by atoms with Gasteiger partial charge >= 0.3 is 5.97 Å². The molecule has 0 fully saturated rings. The van der Waals surface area contributed by atoms with Gasteiger partial charge in [-0.05, 0) is 45.2 Å². The van der Waals surface area contributed by atoms with Gasteiger partial charge in [0, 0.05) is 12.0 Å². The van der Waals surface area contributed by atoms with Crippen LogP contribution in [0.4, 0.5) is 0 Å². The Morgan fingerprint density at radius 1 is 1.24 bits per heavy atom. The van der Waals surface area contributed by atoms with E-state index >= 15 is 0 Å². The third kappa shape index (κ3) is 5.65. The van der Waals surface area contributed by atoms with Gasteiger partial charge in [-0.1, -0.05) is 17.2 Å². The molecule has 1 aromatic carbocycles. The lowest BCUT2D eigenvalue weighted by Crippen LogP contribution is -2.40. The Kier molecular flexibility index (Phi) is 6.41. The Hall–Kier alpha value is -2.35. The standard InChI is InChI=1S/C16H20N2O3/c1-11-8-12(2)10-13(9-11)15(19)18-14(16(20)21)6-4-3-5-7-17/h8-10,14H,3-6H2,1-2H3,(H,18,19)(H,20,21)/t14-/m0/s1. The van der Waals surface area contributed by atoms with E-state index in [0.717, 1.165) is 11.1 Å². The molecule has 0 saturated heterocycles. The number of carbonyl (C=O) groups excluding carboxylic acids is 1. The van der Waals surface area contributed by atoms with Crippen molar-refractivity contribution < 1.29 is 14.7 Å². The molecule has 0 spiro atoms. The number of hydrogen-bond donors (Lipinski definition) is 2. The molecule has 1 aromatic rings. The van der Waals surface area contributed by atoms with Crippen LogP contribution in [0.3, 0.4) is 0 Å². The number of nitrogens with one attached hydrogen (secondary N) is 1. The van der Waals surface area contributed by atoms with Crippen molar-refractivity contribution >= 4 is 11.9 Å². The first-order valence-electron chi connectivity index (χ1n) is 6.93. The third-order valence-electron chi connectivity index (χ3n) is 3.12. The van der Waals surface area contributed by atoms with Gasteiger partial charge in [0.2, 0.25) is 0 Å². The Morgan fingerprint density at radius 2 is 1.86 bits per heavy atom. The van der Waals surface area contributed by atoms with Crippen molar-refractivity contribution in [2.24, 2.45) is 0 Å². The number of aryl methyl sites for hydroxylation is 2.